The van der Waals surface area contributed by atoms with Crippen molar-refractivity contribution < 1.29 is 27.5 Å². The van der Waals surface area contributed by atoms with Crippen LogP contribution in [0.2, 0.25) is 0 Å². The number of anilines is 2. The third kappa shape index (κ3) is 5.23. The molecule has 1 unspecified atom stereocenters. The number of benzene rings is 1. The molecule has 1 atom stereocenters. The minimum atomic E-state index is -3.14. The third-order valence-electron chi connectivity index (χ3n) is 3.91. The maximum Gasteiger partial charge on any atom is 0.414 e. The van der Waals surface area contributed by atoms with E-state index in [4.69, 9.17) is 10.5 Å². The van der Waals surface area contributed by atoms with E-state index in [-0.39, 0.29) is 18.8 Å². The van der Waals surface area contributed by atoms with Gasteiger partial charge in [-0.15, -0.1) is 0 Å². The van der Waals surface area contributed by atoms with E-state index in [1.807, 2.05) is 5.32 Å². The van der Waals surface area contributed by atoms with E-state index in [9.17, 15) is 22.8 Å². The summed E-state index contributed by atoms with van der Waals surface area (Å²) in [6, 6.07) is 4.27. The standard InChI is InChI=1S/C16H22F3N5O3/c1-21-9-23(5-4-20)13-3-2-10(6-12(13)17)24-8-11(27-16(24)26)7-22-15(25)14(18)19/h2-3,6,11,14,21H,4-5,7-9,20H2,1H3,(H,22,25). The van der Waals surface area contributed by atoms with Crippen LogP contribution in [0.4, 0.5) is 29.3 Å². The van der Waals surface area contributed by atoms with E-state index >= 15 is 0 Å². The van der Waals surface area contributed by atoms with E-state index in [0.29, 0.717) is 25.4 Å². The summed E-state index contributed by atoms with van der Waals surface area (Å²) in [6.07, 6.45) is -4.69. The molecule has 1 aromatic rings. The Kier molecular flexibility index (Phi) is 7.25. The Balaban J connectivity index is 2.06. The Labute approximate surface area is 154 Å². The van der Waals surface area contributed by atoms with Crippen molar-refractivity contribution in [2.75, 3.05) is 49.7 Å². The highest BCUT2D eigenvalue weighted by molar-refractivity contribution is 5.90. The van der Waals surface area contributed by atoms with Gasteiger partial charge in [0.05, 0.1) is 31.1 Å². The van der Waals surface area contributed by atoms with E-state index in [2.05, 4.69) is 5.32 Å². The van der Waals surface area contributed by atoms with Crippen LogP contribution in [0.3, 0.4) is 0 Å². The Hall–Kier alpha value is -2.53. The van der Waals surface area contributed by atoms with E-state index < -0.39 is 30.3 Å². The normalized spacial score (nSPS) is 16.6. The molecule has 27 heavy (non-hydrogen) atoms. The second kappa shape index (κ2) is 9.42. The number of hydrogen-bond donors (Lipinski definition) is 3. The number of carbonyl (C=O) groups excluding carboxylic acids is 2. The van der Waals surface area contributed by atoms with Gasteiger partial charge in [-0.05, 0) is 25.2 Å². The molecule has 1 aliphatic heterocycles. The van der Waals surface area contributed by atoms with Gasteiger partial charge in [0.1, 0.15) is 11.9 Å². The minimum absolute atomic E-state index is 0.00413. The van der Waals surface area contributed by atoms with Crippen LogP contribution >= 0.6 is 0 Å². The Bertz CT molecular complexity index is 671. The Morgan fingerprint density at radius 2 is 2.22 bits per heavy atom. The van der Waals surface area contributed by atoms with Crippen molar-refractivity contribution in [1.82, 2.24) is 10.6 Å². The number of cyclic esters (lactones) is 1. The summed E-state index contributed by atoms with van der Waals surface area (Å²) < 4.78 is 43.9. The van der Waals surface area contributed by atoms with Gasteiger partial charge in [-0.1, -0.05) is 0 Å². The first-order valence-corrected chi connectivity index (χ1v) is 8.30. The average molecular weight is 389 g/mol. The highest BCUT2D eigenvalue weighted by Crippen LogP contribution is 2.27. The van der Waals surface area contributed by atoms with E-state index in [1.54, 1.807) is 18.0 Å². The topological polar surface area (TPSA) is 99.9 Å². The first-order valence-electron chi connectivity index (χ1n) is 8.30. The molecule has 0 radical (unpaired) electrons. The van der Waals surface area contributed by atoms with Crippen molar-refractivity contribution in [1.29, 1.82) is 0 Å². The lowest BCUT2D eigenvalue weighted by Gasteiger charge is -2.25. The fraction of sp³-hybridized carbons (Fsp3) is 0.500. The molecule has 1 saturated heterocycles. The highest BCUT2D eigenvalue weighted by atomic mass is 19.3. The molecule has 1 fully saturated rings. The zero-order chi connectivity index (χ0) is 20.0. The summed E-state index contributed by atoms with van der Waals surface area (Å²) >= 11 is 0. The van der Waals surface area contributed by atoms with Gasteiger partial charge >= 0.3 is 12.5 Å². The number of alkyl halides is 2. The molecule has 1 aliphatic rings. The SMILES string of the molecule is CNCN(CCN)c1ccc(N2CC(CNC(=O)C(F)F)OC2=O)cc1F. The van der Waals surface area contributed by atoms with Crippen molar-refractivity contribution in [3.8, 4) is 0 Å². The fourth-order valence-corrected chi connectivity index (χ4v) is 2.68. The minimum Gasteiger partial charge on any atom is -0.442 e. The lowest BCUT2D eigenvalue weighted by molar-refractivity contribution is -0.132. The molecule has 0 saturated carbocycles. The molecule has 4 N–H and O–H groups in total. The van der Waals surface area contributed by atoms with Crippen molar-refractivity contribution in [3.63, 3.8) is 0 Å². The molecule has 150 valence electrons. The number of amides is 2. The predicted molar refractivity (Wildman–Crippen MR) is 93.4 cm³/mol. The quantitative estimate of drug-likeness (QED) is 0.531. The largest absolute Gasteiger partial charge is 0.442 e. The van der Waals surface area contributed by atoms with Gasteiger partial charge in [-0.2, -0.15) is 8.78 Å². The van der Waals surface area contributed by atoms with Crippen molar-refractivity contribution in [3.05, 3.63) is 24.0 Å². The summed E-state index contributed by atoms with van der Waals surface area (Å²) in [5, 5.41) is 4.91. The van der Waals surface area contributed by atoms with Crippen molar-refractivity contribution >= 4 is 23.4 Å². The number of ether oxygens (including phenoxy) is 1. The molecule has 0 spiro atoms. The summed E-state index contributed by atoms with van der Waals surface area (Å²) in [4.78, 5) is 25.8. The first-order chi connectivity index (χ1) is 12.9. The molecule has 8 nitrogen and oxygen atoms in total. The summed E-state index contributed by atoms with van der Waals surface area (Å²) in [5.41, 5.74) is 6.13. The summed E-state index contributed by atoms with van der Waals surface area (Å²) in [7, 11) is 1.73. The van der Waals surface area contributed by atoms with Crippen molar-refractivity contribution in [2.45, 2.75) is 12.5 Å². The van der Waals surface area contributed by atoms with E-state index in [1.165, 1.54) is 17.0 Å². The molecule has 0 aliphatic carbocycles. The number of rotatable bonds is 9. The molecule has 11 heteroatoms. The maximum absolute atomic E-state index is 14.5. The maximum atomic E-state index is 14.5. The molecule has 2 amide bonds. The molecular formula is C16H22F3N5O3. The number of nitrogens with zero attached hydrogens (tertiary/aromatic N) is 2. The molecule has 2 rings (SSSR count). The number of nitrogens with one attached hydrogen (secondary N) is 2. The predicted octanol–water partition coefficient (Wildman–Crippen LogP) is 0.474. The number of hydrogen-bond acceptors (Lipinski definition) is 6. The summed E-state index contributed by atoms with van der Waals surface area (Å²) in [5.74, 6) is -1.98. The van der Waals surface area contributed by atoms with Gasteiger partial charge in [0.2, 0.25) is 0 Å². The van der Waals surface area contributed by atoms with Crippen molar-refractivity contribution in [2.24, 2.45) is 5.73 Å². The lowest BCUT2D eigenvalue weighted by Crippen LogP contribution is -2.37. The van der Waals surface area contributed by atoms with Gasteiger partial charge in [0.15, 0.2) is 0 Å². The molecule has 1 aromatic carbocycles. The second-order valence-corrected chi connectivity index (χ2v) is 5.86. The zero-order valence-electron chi connectivity index (χ0n) is 14.8. The van der Waals surface area contributed by atoms with Gasteiger partial charge in [-0.25, -0.2) is 9.18 Å². The van der Waals surface area contributed by atoms with Crippen LogP contribution in [0.5, 0.6) is 0 Å². The molecule has 1 heterocycles. The number of halogens is 3. The van der Waals surface area contributed by atoms with Crippen LogP contribution in [0.15, 0.2) is 18.2 Å². The van der Waals surface area contributed by atoms with Crippen LogP contribution in [0.1, 0.15) is 0 Å². The van der Waals surface area contributed by atoms with Crippen LogP contribution in [-0.2, 0) is 9.53 Å². The molecular weight excluding hydrogens is 367 g/mol. The highest BCUT2D eigenvalue weighted by Gasteiger charge is 2.33. The third-order valence-corrected chi connectivity index (χ3v) is 3.91. The van der Waals surface area contributed by atoms with Gasteiger partial charge in [0, 0.05) is 13.1 Å². The van der Waals surface area contributed by atoms with Gasteiger partial charge < -0.3 is 26.0 Å². The Morgan fingerprint density at radius 3 is 2.81 bits per heavy atom. The van der Waals surface area contributed by atoms with E-state index in [0.717, 1.165) is 0 Å². The lowest BCUT2D eigenvalue weighted by atomic mass is 10.2. The van der Waals surface area contributed by atoms with Gasteiger partial charge in [-0.3, -0.25) is 9.69 Å². The molecule has 0 aromatic heterocycles. The van der Waals surface area contributed by atoms with Crippen LogP contribution < -0.4 is 26.2 Å². The zero-order valence-corrected chi connectivity index (χ0v) is 14.8. The average Bonchev–Trinajstić information content (AvgIpc) is 3.00. The van der Waals surface area contributed by atoms with Gasteiger partial charge in [0.25, 0.3) is 5.91 Å². The Morgan fingerprint density at radius 1 is 1.48 bits per heavy atom. The van der Waals surface area contributed by atoms with Crippen LogP contribution in [0.25, 0.3) is 0 Å². The number of carbonyl (C=O) groups is 2. The van der Waals surface area contributed by atoms with Crippen LogP contribution in [0, 0.1) is 5.82 Å². The second-order valence-electron chi connectivity index (χ2n) is 5.86. The van der Waals surface area contributed by atoms with Crippen LogP contribution in [-0.4, -0.2) is 64.4 Å². The monoisotopic (exact) mass is 389 g/mol. The number of nitrogens with two attached hydrogens (primary N) is 1. The first kappa shape index (κ1) is 20.8. The fourth-order valence-electron chi connectivity index (χ4n) is 2.68. The smallest absolute Gasteiger partial charge is 0.414 e. The summed E-state index contributed by atoms with van der Waals surface area (Å²) in [6.45, 7) is 0.926. The molecule has 0 bridgehead atoms.